The molecule has 4 heteroatoms. The van der Waals surface area contributed by atoms with E-state index in [2.05, 4.69) is 50.2 Å². The molecule has 0 heterocycles. The first-order chi connectivity index (χ1) is 12.9. The van der Waals surface area contributed by atoms with Gasteiger partial charge in [-0.2, -0.15) is 0 Å². The van der Waals surface area contributed by atoms with Crippen LogP contribution in [0.15, 0.2) is 48.5 Å². The molecule has 28 heavy (non-hydrogen) atoms. The molecule has 2 aromatic carbocycles. The molecule has 154 valence electrons. The van der Waals surface area contributed by atoms with E-state index in [1.165, 1.54) is 11.1 Å². The smallest absolute Gasteiger partial charge is 0.119 e. The van der Waals surface area contributed by atoms with Gasteiger partial charge in [0.25, 0.3) is 0 Å². The van der Waals surface area contributed by atoms with Gasteiger partial charge in [-0.05, 0) is 75.9 Å². The molecule has 3 unspecified atom stereocenters. The molecule has 1 saturated carbocycles. The molecule has 0 spiro atoms. The monoisotopic (exact) mass is 403 g/mol. The normalized spacial score (nSPS) is 24.6. The molecule has 0 aliphatic heterocycles. The van der Waals surface area contributed by atoms with Gasteiger partial charge in [-0.3, -0.25) is 0 Å². The van der Waals surface area contributed by atoms with Crippen molar-refractivity contribution in [1.29, 1.82) is 0 Å². The fourth-order valence-electron chi connectivity index (χ4n) is 4.53. The number of aryl methyl sites for hydroxylation is 1. The summed E-state index contributed by atoms with van der Waals surface area (Å²) in [5, 5.41) is 11.7. The van der Waals surface area contributed by atoms with Gasteiger partial charge in [-0.25, -0.2) is 0 Å². The molecule has 1 N–H and O–H groups in total. The third-order valence-electron chi connectivity index (χ3n) is 6.03. The van der Waals surface area contributed by atoms with Crippen molar-refractivity contribution in [3.63, 3.8) is 0 Å². The number of methoxy groups -OCH3 is 1. The lowest BCUT2D eigenvalue weighted by Crippen LogP contribution is -2.45. The first kappa shape index (κ1) is 22.7. The number of ether oxygens (including phenoxy) is 1. The molecule has 3 rings (SSSR count). The van der Waals surface area contributed by atoms with E-state index in [0.29, 0.717) is 5.92 Å². The standard InChI is InChI=1S/C24H33NO2.ClH/c1-18-8-10-19(11-9-18)14-20-12-13-24(26,22(15-20)17-25(2)3)21-6-5-7-23(16-21)27-4;/h5-11,16,20,22,26H,12-15,17H2,1-4H3;1H. The largest absolute Gasteiger partial charge is 0.497 e. The van der Waals surface area contributed by atoms with E-state index in [0.717, 1.165) is 43.5 Å². The minimum atomic E-state index is -0.789. The topological polar surface area (TPSA) is 32.7 Å². The summed E-state index contributed by atoms with van der Waals surface area (Å²) in [6, 6.07) is 16.9. The van der Waals surface area contributed by atoms with Gasteiger partial charge in [0.2, 0.25) is 0 Å². The summed E-state index contributed by atoms with van der Waals surface area (Å²) in [6.07, 6.45) is 3.99. The second-order valence-corrected chi connectivity index (χ2v) is 8.45. The third kappa shape index (κ3) is 5.28. The number of nitrogens with zero attached hydrogens (tertiary/aromatic N) is 1. The molecular weight excluding hydrogens is 370 g/mol. The van der Waals surface area contributed by atoms with Crippen molar-refractivity contribution < 1.29 is 9.84 Å². The summed E-state index contributed by atoms with van der Waals surface area (Å²) < 4.78 is 5.40. The Morgan fingerprint density at radius 2 is 1.86 bits per heavy atom. The van der Waals surface area contributed by atoms with Crippen LogP contribution >= 0.6 is 12.4 Å². The average Bonchev–Trinajstić information content (AvgIpc) is 2.66. The Morgan fingerprint density at radius 3 is 2.50 bits per heavy atom. The van der Waals surface area contributed by atoms with Crippen LogP contribution in [0.4, 0.5) is 0 Å². The van der Waals surface area contributed by atoms with Crippen molar-refractivity contribution >= 4 is 12.4 Å². The molecule has 0 amide bonds. The highest BCUT2D eigenvalue weighted by atomic mass is 35.5. The van der Waals surface area contributed by atoms with E-state index < -0.39 is 5.60 Å². The Bertz CT molecular complexity index is 747. The van der Waals surface area contributed by atoms with Crippen molar-refractivity contribution in [2.75, 3.05) is 27.7 Å². The Balaban J connectivity index is 0.00000280. The second-order valence-electron chi connectivity index (χ2n) is 8.45. The van der Waals surface area contributed by atoms with Crippen molar-refractivity contribution in [1.82, 2.24) is 4.90 Å². The summed E-state index contributed by atoms with van der Waals surface area (Å²) >= 11 is 0. The van der Waals surface area contributed by atoms with Gasteiger partial charge >= 0.3 is 0 Å². The molecule has 1 fully saturated rings. The van der Waals surface area contributed by atoms with Crippen LogP contribution in [0.3, 0.4) is 0 Å². The lowest BCUT2D eigenvalue weighted by atomic mass is 9.66. The third-order valence-corrected chi connectivity index (χ3v) is 6.03. The van der Waals surface area contributed by atoms with Crippen LogP contribution in [0.25, 0.3) is 0 Å². The zero-order valence-electron chi connectivity index (χ0n) is 17.5. The molecule has 3 atom stereocenters. The maximum absolute atomic E-state index is 11.7. The summed E-state index contributed by atoms with van der Waals surface area (Å²) in [7, 11) is 5.87. The van der Waals surface area contributed by atoms with E-state index >= 15 is 0 Å². The summed E-state index contributed by atoms with van der Waals surface area (Å²) in [4.78, 5) is 2.20. The van der Waals surface area contributed by atoms with Crippen LogP contribution < -0.4 is 4.74 Å². The summed E-state index contributed by atoms with van der Waals surface area (Å²) in [5.74, 6) is 1.64. The average molecular weight is 404 g/mol. The lowest BCUT2D eigenvalue weighted by Gasteiger charge is -2.44. The summed E-state index contributed by atoms with van der Waals surface area (Å²) in [5.41, 5.74) is 2.91. The zero-order chi connectivity index (χ0) is 19.4. The number of aliphatic hydroxyl groups is 1. The van der Waals surface area contributed by atoms with Crippen molar-refractivity contribution in [3.8, 4) is 5.75 Å². The predicted octanol–water partition coefficient (Wildman–Crippen LogP) is 4.83. The zero-order valence-corrected chi connectivity index (χ0v) is 18.3. The van der Waals surface area contributed by atoms with Gasteiger partial charge in [-0.1, -0.05) is 42.0 Å². The Kier molecular flexibility index (Phi) is 7.94. The highest BCUT2D eigenvalue weighted by molar-refractivity contribution is 5.85. The molecule has 0 radical (unpaired) electrons. The van der Waals surface area contributed by atoms with Crippen LogP contribution in [0, 0.1) is 18.8 Å². The van der Waals surface area contributed by atoms with Crippen molar-refractivity contribution in [2.24, 2.45) is 11.8 Å². The minimum absolute atomic E-state index is 0. The second kappa shape index (κ2) is 9.78. The highest BCUT2D eigenvalue weighted by Crippen LogP contribution is 2.45. The van der Waals surface area contributed by atoms with E-state index in [-0.39, 0.29) is 18.3 Å². The molecule has 0 aromatic heterocycles. The molecular formula is C24H34ClNO2. The van der Waals surface area contributed by atoms with Crippen LogP contribution in [0.2, 0.25) is 0 Å². The van der Waals surface area contributed by atoms with E-state index in [9.17, 15) is 5.11 Å². The van der Waals surface area contributed by atoms with Gasteiger partial charge < -0.3 is 14.7 Å². The molecule has 2 aromatic rings. The van der Waals surface area contributed by atoms with Crippen molar-refractivity contribution in [3.05, 3.63) is 65.2 Å². The maximum Gasteiger partial charge on any atom is 0.119 e. The van der Waals surface area contributed by atoms with Crippen LogP contribution in [-0.4, -0.2) is 37.8 Å². The number of benzene rings is 2. The van der Waals surface area contributed by atoms with Crippen LogP contribution in [-0.2, 0) is 12.0 Å². The molecule has 1 aliphatic carbocycles. The van der Waals surface area contributed by atoms with Gasteiger partial charge in [0.15, 0.2) is 0 Å². The molecule has 0 bridgehead atoms. The van der Waals surface area contributed by atoms with Crippen LogP contribution in [0.5, 0.6) is 5.75 Å². The number of rotatable bonds is 6. The Labute approximate surface area is 176 Å². The van der Waals surface area contributed by atoms with Gasteiger partial charge in [0.1, 0.15) is 5.75 Å². The fourth-order valence-corrected chi connectivity index (χ4v) is 4.53. The molecule has 1 aliphatic rings. The molecule has 3 nitrogen and oxygen atoms in total. The molecule has 0 saturated heterocycles. The number of halogens is 1. The SMILES string of the molecule is COc1cccc(C2(O)CCC(Cc3ccc(C)cc3)CC2CN(C)C)c1.Cl. The Morgan fingerprint density at radius 1 is 1.14 bits per heavy atom. The lowest BCUT2D eigenvalue weighted by molar-refractivity contribution is -0.0753. The van der Waals surface area contributed by atoms with Gasteiger partial charge in [0.05, 0.1) is 12.7 Å². The first-order valence-electron chi connectivity index (χ1n) is 9.98. The number of hydrogen-bond donors (Lipinski definition) is 1. The summed E-state index contributed by atoms with van der Waals surface area (Å²) in [6.45, 7) is 3.02. The van der Waals surface area contributed by atoms with E-state index in [4.69, 9.17) is 4.74 Å². The van der Waals surface area contributed by atoms with E-state index in [1.54, 1.807) is 7.11 Å². The fraction of sp³-hybridized carbons (Fsp3) is 0.500. The number of hydrogen-bond acceptors (Lipinski definition) is 3. The predicted molar refractivity (Wildman–Crippen MR) is 118 cm³/mol. The minimum Gasteiger partial charge on any atom is -0.497 e. The maximum atomic E-state index is 11.7. The highest BCUT2D eigenvalue weighted by Gasteiger charge is 2.43. The first-order valence-corrected chi connectivity index (χ1v) is 9.98. The van der Waals surface area contributed by atoms with E-state index in [1.807, 2.05) is 24.3 Å². The van der Waals surface area contributed by atoms with Crippen LogP contribution in [0.1, 0.15) is 36.0 Å². The Hall–Kier alpha value is -1.55. The van der Waals surface area contributed by atoms with Gasteiger partial charge in [-0.15, -0.1) is 12.4 Å². The van der Waals surface area contributed by atoms with Crippen molar-refractivity contribution in [2.45, 2.75) is 38.2 Å². The van der Waals surface area contributed by atoms with Gasteiger partial charge in [0, 0.05) is 12.5 Å². The quantitative estimate of drug-likeness (QED) is 0.749.